The fourth-order valence-electron chi connectivity index (χ4n) is 4.42. The normalized spacial score (nSPS) is 20.2. The number of nitrogens with zero attached hydrogens (tertiary/aromatic N) is 3. The molecule has 0 bridgehead atoms. The van der Waals surface area contributed by atoms with Crippen LogP contribution in [0.25, 0.3) is 0 Å². The molecule has 2 aliphatic heterocycles. The molecule has 0 aromatic heterocycles. The van der Waals surface area contributed by atoms with Crippen molar-refractivity contribution in [2.75, 3.05) is 56.2 Å². The maximum Gasteiger partial charge on any atom is 0.256 e. The van der Waals surface area contributed by atoms with Gasteiger partial charge in [0.15, 0.2) is 0 Å². The Morgan fingerprint density at radius 2 is 1.59 bits per heavy atom. The Hall–Kier alpha value is -2.08. The minimum atomic E-state index is -0.440. The lowest BCUT2D eigenvalue weighted by molar-refractivity contribution is -0.133. The van der Waals surface area contributed by atoms with Gasteiger partial charge in [0.1, 0.15) is 6.10 Å². The highest BCUT2D eigenvalue weighted by molar-refractivity contribution is 5.97. The molecule has 2 aromatic rings. The zero-order valence-corrected chi connectivity index (χ0v) is 20.5. The Kier molecular flexibility index (Phi) is 7.86. The van der Waals surface area contributed by atoms with E-state index in [0.717, 1.165) is 31.9 Å². The molecule has 1 atom stereocenters. The number of likely N-dealkylation sites (N-methyl/N-ethyl adjacent to an activating group) is 1. The van der Waals surface area contributed by atoms with Gasteiger partial charge in [-0.05, 0) is 41.8 Å². The third kappa shape index (κ3) is 5.45. The Labute approximate surface area is 198 Å². The lowest BCUT2D eigenvalue weighted by atomic mass is 9.87. The molecular weight excluding hydrogens is 422 g/mol. The van der Waals surface area contributed by atoms with E-state index in [4.69, 9.17) is 4.74 Å². The Morgan fingerprint density at radius 3 is 2.25 bits per heavy atom. The summed E-state index contributed by atoms with van der Waals surface area (Å²) in [7, 11) is 2.17. The Morgan fingerprint density at radius 1 is 0.938 bits per heavy atom. The van der Waals surface area contributed by atoms with Crippen LogP contribution in [0.15, 0.2) is 48.5 Å². The molecule has 2 fully saturated rings. The summed E-state index contributed by atoms with van der Waals surface area (Å²) >= 11 is 0. The SMILES string of the molecule is CN1CCN(c2ccccc2CC2OCCN(c3ccc(C(C)(C)C)cc3)C2=O)CC1.Cl. The Bertz CT molecular complexity index is 902. The monoisotopic (exact) mass is 457 g/mol. The van der Waals surface area contributed by atoms with Crippen molar-refractivity contribution < 1.29 is 9.53 Å². The first kappa shape index (κ1) is 24.6. The number of rotatable bonds is 4. The van der Waals surface area contributed by atoms with Gasteiger partial charge in [-0.2, -0.15) is 0 Å². The van der Waals surface area contributed by atoms with Crippen LogP contribution in [0.4, 0.5) is 11.4 Å². The average Bonchev–Trinajstić information content (AvgIpc) is 2.76. The smallest absolute Gasteiger partial charge is 0.256 e. The largest absolute Gasteiger partial charge is 0.369 e. The van der Waals surface area contributed by atoms with Gasteiger partial charge in [0, 0.05) is 50.5 Å². The van der Waals surface area contributed by atoms with E-state index in [-0.39, 0.29) is 23.7 Å². The lowest BCUT2D eigenvalue weighted by Gasteiger charge is -2.36. The highest BCUT2D eigenvalue weighted by Crippen LogP contribution is 2.28. The number of anilines is 2. The quantitative estimate of drug-likeness (QED) is 0.691. The third-order valence-electron chi connectivity index (χ3n) is 6.46. The van der Waals surface area contributed by atoms with Crippen molar-refractivity contribution in [1.82, 2.24) is 4.90 Å². The Balaban J connectivity index is 0.00000289. The van der Waals surface area contributed by atoms with E-state index in [0.29, 0.717) is 19.6 Å². The standard InChI is InChI=1S/C26H35N3O2.ClH/c1-26(2,3)21-9-11-22(12-10-21)29-17-18-31-24(25(29)30)19-20-7-5-6-8-23(20)28-15-13-27(4)14-16-28;/h5-12,24H,13-19H2,1-4H3;1H. The first-order valence-electron chi connectivity index (χ1n) is 11.4. The maximum atomic E-state index is 13.3. The van der Waals surface area contributed by atoms with E-state index < -0.39 is 6.10 Å². The number of benzene rings is 2. The molecule has 0 N–H and O–H groups in total. The molecule has 1 amide bonds. The summed E-state index contributed by atoms with van der Waals surface area (Å²) in [5, 5.41) is 0. The molecule has 0 saturated carbocycles. The van der Waals surface area contributed by atoms with Crippen LogP contribution in [-0.2, 0) is 21.4 Å². The van der Waals surface area contributed by atoms with Crippen molar-refractivity contribution in [3.8, 4) is 0 Å². The molecule has 2 saturated heterocycles. The van der Waals surface area contributed by atoms with Crippen LogP contribution < -0.4 is 9.80 Å². The van der Waals surface area contributed by atoms with E-state index in [1.807, 2.05) is 4.90 Å². The number of morpholine rings is 1. The van der Waals surface area contributed by atoms with Crippen molar-refractivity contribution in [2.45, 2.75) is 38.7 Å². The second kappa shape index (κ2) is 10.2. The van der Waals surface area contributed by atoms with Crippen LogP contribution in [0.2, 0.25) is 0 Å². The first-order valence-corrected chi connectivity index (χ1v) is 11.4. The lowest BCUT2D eigenvalue weighted by Crippen LogP contribution is -2.49. The number of piperazine rings is 1. The number of halogens is 1. The number of hydrogen-bond donors (Lipinski definition) is 0. The van der Waals surface area contributed by atoms with Gasteiger partial charge >= 0.3 is 0 Å². The van der Waals surface area contributed by atoms with Crippen LogP contribution in [-0.4, -0.2) is 63.3 Å². The molecule has 4 rings (SSSR count). The second-order valence-electron chi connectivity index (χ2n) is 9.77. The van der Waals surface area contributed by atoms with Crippen molar-refractivity contribution in [1.29, 1.82) is 0 Å². The van der Waals surface area contributed by atoms with Gasteiger partial charge in [-0.15, -0.1) is 12.4 Å². The predicted octanol–water partition coefficient (Wildman–Crippen LogP) is 4.13. The number of hydrogen-bond acceptors (Lipinski definition) is 4. The van der Waals surface area contributed by atoms with E-state index in [1.165, 1.54) is 16.8 Å². The molecule has 2 aliphatic rings. The zero-order chi connectivity index (χ0) is 22.0. The summed E-state index contributed by atoms with van der Waals surface area (Å²) in [5.41, 5.74) is 4.76. The number of amides is 1. The molecule has 0 aliphatic carbocycles. The summed E-state index contributed by atoms with van der Waals surface area (Å²) in [6.45, 7) is 11.9. The second-order valence-corrected chi connectivity index (χ2v) is 9.77. The van der Waals surface area contributed by atoms with E-state index in [1.54, 1.807) is 0 Å². The van der Waals surface area contributed by atoms with Crippen LogP contribution in [0.1, 0.15) is 31.9 Å². The molecule has 32 heavy (non-hydrogen) atoms. The van der Waals surface area contributed by atoms with E-state index in [2.05, 4.69) is 86.1 Å². The number of para-hydroxylation sites is 1. The molecule has 0 spiro atoms. The minimum absolute atomic E-state index is 0. The van der Waals surface area contributed by atoms with Gasteiger partial charge < -0.3 is 19.4 Å². The third-order valence-corrected chi connectivity index (χ3v) is 6.46. The first-order chi connectivity index (χ1) is 14.8. The number of carbonyl (C=O) groups excluding carboxylic acids is 1. The highest BCUT2D eigenvalue weighted by atomic mass is 35.5. The fourth-order valence-corrected chi connectivity index (χ4v) is 4.42. The van der Waals surface area contributed by atoms with Gasteiger partial charge in [-0.1, -0.05) is 51.1 Å². The maximum absolute atomic E-state index is 13.3. The van der Waals surface area contributed by atoms with Crippen molar-refractivity contribution in [3.05, 3.63) is 59.7 Å². The van der Waals surface area contributed by atoms with Crippen molar-refractivity contribution in [3.63, 3.8) is 0 Å². The molecule has 2 aromatic carbocycles. The predicted molar refractivity (Wildman–Crippen MR) is 134 cm³/mol. The zero-order valence-electron chi connectivity index (χ0n) is 19.7. The molecule has 174 valence electrons. The number of carbonyl (C=O) groups is 1. The summed E-state index contributed by atoms with van der Waals surface area (Å²) < 4.78 is 5.97. The highest BCUT2D eigenvalue weighted by Gasteiger charge is 2.32. The van der Waals surface area contributed by atoms with Gasteiger partial charge in [-0.3, -0.25) is 4.79 Å². The summed E-state index contributed by atoms with van der Waals surface area (Å²) in [5.74, 6) is 0.0583. The topological polar surface area (TPSA) is 36.0 Å². The average molecular weight is 458 g/mol. The molecular formula is C26H36ClN3O2. The van der Waals surface area contributed by atoms with Crippen LogP contribution in [0, 0.1) is 0 Å². The van der Waals surface area contributed by atoms with Crippen LogP contribution >= 0.6 is 12.4 Å². The van der Waals surface area contributed by atoms with Gasteiger partial charge in [0.2, 0.25) is 0 Å². The van der Waals surface area contributed by atoms with Crippen molar-refractivity contribution in [2.24, 2.45) is 0 Å². The summed E-state index contributed by atoms with van der Waals surface area (Å²) in [6.07, 6.45) is 0.169. The van der Waals surface area contributed by atoms with Gasteiger partial charge in [0.25, 0.3) is 5.91 Å². The van der Waals surface area contributed by atoms with Gasteiger partial charge in [-0.25, -0.2) is 0 Å². The van der Waals surface area contributed by atoms with E-state index in [9.17, 15) is 4.79 Å². The fraction of sp³-hybridized carbons (Fsp3) is 0.500. The molecule has 2 heterocycles. The molecule has 1 unspecified atom stereocenters. The summed E-state index contributed by atoms with van der Waals surface area (Å²) in [4.78, 5) is 20.0. The van der Waals surface area contributed by atoms with Crippen LogP contribution in [0.5, 0.6) is 0 Å². The van der Waals surface area contributed by atoms with Crippen LogP contribution in [0.3, 0.4) is 0 Å². The van der Waals surface area contributed by atoms with Crippen molar-refractivity contribution >= 4 is 29.7 Å². The van der Waals surface area contributed by atoms with Gasteiger partial charge in [0.05, 0.1) is 6.61 Å². The molecule has 6 heteroatoms. The number of ether oxygens (including phenoxy) is 1. The minimum Gasteiger partial charge on any atom is -0.369 e. The molecule has 0 radical (unpaired) electrons. The molecule has 5 nitrogen and oxygen atoms in total. The summed E-state index contributed by atoms with van der Waals surface area (Å²) in [6, 6.07) is 16.9. The van der Waals surface area contributed by atoms with E-state index >= 15 is 0 Å².